The lowest BCUT2D eigenvalue weighted by atomic mass is 10.1. The summed E-state index contributed by atoms with van der Waals surface area (Å²) in [4.78, 5) is 0. The third-order valence-electron chi connectivity index (χ3n) is 3.69. The molecule has 3 rings (SSSR count). The summed E-state index contributed by atoms with van der Waals surface area (Å²) in [7, 11) is 1.02. The van der Waals surface area contributed by atoms with Crippen molar-refractivity contribution in [1.29, 1.82) is 0 Å². The van der Waals surface area contributed by atoms with Gasteiger partial charge in [0.25, 0.3) is 0 Å². The van der Waals surface area contributed by atoms with E-state index in [1.807, 2.05) is 30.3 Å². The van der Waals surface area contributed by atoms with Gasteiger partial charge in [-0.1, -0.05) is 117 Å². The molecule has 0 N–H and O–H groups in total. The Balaban J connectivity index is 1.80. The number of benzene rings is 3. The Morgan fingerprint density at radius 3 is 1.88 bits per heavy atom. The number of alkyl halides is 2. The van der Waals surface area contributed by atoms with Gasteiger partial charge in [0.15, 0.2) is 4.07 Å². The third-order valence-corrected chi connectivity index (χ3v) is 7.17. The van der Waals surface area contributed by atoms with Crippen molar-refractivity contribution in [2.75, 3.05) is 0 Å². The molecule has 0 nitrogen and oxygen atoms in total. The van der Waals surface area contributed by atoms with Crippen LogP contribution in [0.3, 0.4) is 0 Å². The highest BCUT2D eigenvalue weighted by atomic mass is 35.5. The number of hydrogen-bond donors (Lipinski definition) is 0. The average Bonchev–Trinajstić information content (AvgIpc) is 2.61. The highest BCUT2D eigenvalue weighted by Crippen LogP contribution is 2.50. The third kappa shape index (κ3) is 4.81. The minimum Gasteiger partial charge on any atom is -0.0911 e. The Morgan fingerprint density at radius 2 is 1.21 bits per heavy atom. The molecule has 0 aliphatic carbocycles. The molecule has 0 saturated carbocycles. The predicted molar refractivity (Wildman–Crippen MR) is 112 cm³/mol. The summed E-state index contributed by atoms with van der Waals surface area (Å²) in [6, 6.07) is 29.0. The first kappa shape index (κ1) is 17.9. The molecule has 24 heavy (non-hydrogen) atoms. The van der Waals surface area contributed by atoms with Crippen LogP contribution in [0, 0.1) is 0 Å². The van der Waals surface area contributed by atoms with E-state index in [0.29, 0.717) is 17.2 Å². The molecule has 0 saturated heterocycles. The van der Waals surface area contributed by atoms with Crippen LogP contribution >= 0.6 is 40.4 Å². The standard InChI is InChI=1S/C20H18Cl2P2/c21-20(22,24-18-12-5-2-6-13-18)19-14-8-7-9-16(19)15-23-17-10-3-1-4-11-17/h1-14,23-24H,15H2. The summed E-state index contributed by atoms with van der Waals surface area (Å²) in [5, 5.41) is 2.52. The van der Waals surface area contributed by atoms with Crippen molar-refractivity contribution in [1.82, 2.24) is 0 Å². The smallest absolute Gasteiger partial charge is 0.0911 e. The fraction of sp³-hybridized carbons (Fsp3) is 0.100. The summed E-state index contributed by atoms with van der Waals surface area (Å²) in [6.45, 7) is 0. The van der Waals surface area contributed by atoms with Crippen molar-refractivity contribution in [2.24, 2.45) is 0 Å². The summed E-state index contributed by atoms with van der Waals surface area (Å²) in [5.41, 5.74) is 2.26. The van der Waals surface area contributed by atoms with E-state index >= 15 is 0 Å². The van der Waals surface area contributed by atoms with Crippen LogP contribution in [0.25, 0.3) is 0 Å². The van der Waals surface area contributed by atoms with Crippen LogP contribution in [0.2, 0.25) is 0 Å². The van der Waals surface area contributed by atoms with Crippen molar-refractivity contribution in [3.8, 4) is 0 Å². The van der Waals surface area contributed by atoms with Crippen LogP contribution < -0.4 is 10.6 Å². The highest BCUT2D eigenvalue weighted by Gasteiger charge is 2.29. The Hall–Kier alpha value is -0.900. The lowest BCUT2D eigenvalue weighted by molar-refractivity contribution is 1.18. The first-order valence-corrected chi connectivity index (χ1v) is 10.7. The van der Waals surface area contributed by atoms with Gasteiger partial charge in [0, 0.05) is 0 Å². The van der Waals surface area contributed by atoms with Gasteiger partial charge < -0.3 is 0 Å². The quantitative estimate of drug-likeness (QED) is 0.369. The lowest BCUT2D eigenvalue weighted by Gasteiger charge is -2.23. The largest absolute Gasteiger partial charge is 0.162 e. The Bertz CT molecular complexity index is 774. The first-order chi connectivity index (χ1) is 11.6. The van der Waals surface area contributed by atoms with Gasteiger partial charge in [-0.3, -0.25) is 0 Å². The van der Waals surface area contributed by atoms with Crippen LogP contribution in [-0.2, 0) is 10.2 Å². The van der Waals surface area contributed by atoms with Gasteiger partial charge >= 0.3 is 0 Å². The molecule has 2 atom stereocenters. The molecule has 3 aromatic rings. The highest BCUT2D eigenvalue weighted by molar-refractivity contribution is 7.53. The van der Waals surface area contributed by atoms with Crippen LogP contribution in [0.15, 0.2) is 84.9 Å². The fourth-order valence-electron chi connectivity index (χ4n) is 2.50. The van der Waals surface area contributed by atoms with Crippen LogP contribution in [0.4, 0.5) is 0 Å². The summed E-state index contributed by atoms with van der Waals surface area (Å²) in [6.07, 6.45) is 0.959. The molecule has 2 unspecified atom stereocenters. The van der Waals surface area contributed by atoms with Gasteiger partial charge in [-0.05, 0) is 36.5 Å². The predicted octanol–water partition coefficient (Wildman–Crippen LogP) is 5.78. The van der Waals surface area contributed by atoms with E-state index in [1.165, 1.54) is 16.2 Å². The molecule has 122 valence electrons. The maximum absolute atomic E-state index is 6.76. The fourth-order valence-corrected chi connectivity index (χ4v) is 5.76. The van der Waals surface area contributed by atoms with E-state index in [2.05, 4.69) is 54.6 Å². The maximum atomic E-state index is 6.76. The van der Waals surface area contributed by atoms with E-state index in [4.69, 9.17) is 23.2 Å². The molecule has 0 fully saturated rings. The van der Waals surface area contributed by atoms with Gasteiger partial charge in [-0.25, -0.2) is 0 Å². The monoisotopic (exact) mass is 390 g/mol. The first-order valence-electron chi connectivity index (χ1n) is 7.73. The molecule has 0 spiro atoms. The normalized spacial score (nSPS) is 12.4. The molecule has 0 aliphatic heterocycles. The SMILES string of the molecule is ClC(Cl)(Pc1ccccc1)c1ccccc1CPc1ccccc1. The molecule has 0 aromatic heterocycles. The second kappa shape index (κ2) is 8.46. The minimum absolute atomic E-state index is 0.310. The molecule has 0 bridgehead atoms. The zero-order valence-electron chi connectivity index (χ0n) is 13.0. The van der Waals surface area contributed by atoms with Gasteiger partial charge in [0.2, 0.25) is 0 Å². The van der Waals surface area contributed by atoms with Crippen molar-refractivity contribution in [2.45, 2.75) is 10.2 Å². The summed E-state index contributed by atoms with van der Waals surface area (Å²) >= 11 is 13.5. The average molecular weight is 391 g/mol. The number of rotatable bonds is 6. The van der Waals surface area contributed by atoms with Gasteiger partial charge in [-0.15, -0.1) is 0 Å². The second-order valence-corrected chi connectivity index (χ2v) is 10.3. The van der Waals surface area contributed by atoms with E-state index in [0.717, 1.165) is 11.7 Å². The molecule has 0 amide bonds. The van der Waals surface area contributed by atoms with Crippen LogP contribution in [0.5, 0.6) is 0 Å². The molecular weight excluding hydrogens is 373 g/mol. The zero-order chi connectivity index (χ0) is 16.8. The van der Waals surface area contributed by atoms with Crippen molar-refractivity contribution in [3.63, 3.8) is 0 Å². The molecular formula is C20H18Cl2P2. The minimum atomic E-state index is -0.890. The molecule has 0 heterocycles. The lowest BCUT2D eigenvalue weighted by Crippen LogP contribution is -2.11. The Morgan fingerprint density at radius 1 is 0.667 bits per heavy atom. The Labute approximate surface area is 157 Å². The van der Waals surface area contributed by atoms with Crippen LogP contribution in [0.1, 0.15) is 11.1 Å². The second-order valence-electron chi connectivity index (χ2n) is 5.44. The van der Waals surface area contributed by atoms with Crippen molar-refractivity contribution in [3.05, 3.63) is 96.1 Å². The number of hydrogen-bond acceptors (Lipinski definition) is 0. The van der Waals surface area contributed by atoms with Crippen molar-refractivity contribution >= 4 is 51.0 Å². The Kier molecular flexibility index (Phi) is 6.31. The molecule has 0 aliphatic rings. The van der Waals surface area contributed by atoms with E-state index in [1.54, 1.807) is 0 Å². The van der Waals surface area contributed by atoms with Gasteiger partial charge in [-0.2, -0.15) is 0 Å². The van der Waals surface area contributed by atoms with Gasteiger partial charge in [0.1, 0.15) is 0 Å². The van der Waals surface area contributed by atoms with E-state index in [-0.39, 0.29) is 0 Å². The topological polar surface area (TPSA) is 0 Å². The maximum Gasteiger partial charge on any atom is 0.162 e. The van der Waals surface area contributed by atoms with Crippen molar-refractivity contribution < 1.29 is 0 Å². The molecule has 0 radical (unpaired) electrons. The molecule has 3 aromatic carbocycles. The van der Waals surface area contributed by atoms with Gasteiger partial charge in [0.05, 0.1) is 0 Å². The summed E-state index contributed by atoms with van der Waals surface area (Å²) < 4.78 is -0.890. The van der Waals surface area contributed by atoms with E-state index < -0.39 is 4.07 Å². The summed E-state index contributed by atoms with van der Waals surface area (Å²) in [5.74, 6) is 0. The molecule has 4 heteroatoms. The van der Waals surface area contributed by atoms with Crippen LogP contribution in [-0.4, -0.2) is 0 Å². The van der Waals surface area contributed by atoms with E-state index in [9.17, 15) is 0 Å². The zero-order valence-corrected chi connectivity index (χ0v) is 16.6. The number of halogens is 2.